The van der Waals surface area contributed by atoms with Gasteiger partial charge in [0, 0.05) is 27.7 Å². The number of carbonyl (C=O) groups is 1. The summed E-state index contributed by atoms with van der Waals surface area (Å²) in [5, 5.41) is 4.98. The summed E-state index contributed by atoms with van der Waals surface area (Å²) in [7, 11) is 0. The normalized spacial score (nSPS) is 17.4. The zero-order valence-corrected chi connectivity index (χ0v) is 12.6. The lowest BCUT2D eigenvalue weighted by molar-refractivity contribution is 0.0905. The maximum atomic E-state index is 12.1. The van der Waals surface area contributed by atoms with Crippen LogP contribution in [0.2, 0.25) is 5.02 Å². The summed E-state index contributed by atoms with van der Waals surface area (Å²) >= 11 is 6.05. The van der Waals surface area contributed by atoms with E-state index in [0.717, 1.165) is 29.8 Å². The van der Waals surface area contributed by atoms with Crippen LogP contribution < -0.4 is 5.32 Å². The molecule has 1 aliphatic rings. The Hall–Kier alpha value is -2.20. The van der Waals surface area contributed by atoms with E-state index < -0.39 is 0 Å². The highest BCUT2D eigenvalue weighted by Gasteiger charge is 2.24. The first kappa shape index (κ1) is 13.5. The second kappa shape index (κ2) is 5.21. The minimum absolute atomic E-state index is 0.125. The van der Waals surface area contributed by atoms with Crippen molar-refractivity contribution in [1.82, 2.24) is 10.3 Å². The zero-order chi connectivity index (χ0) is 15.1. The number of H-pyrrole nitrogens is 1. The van der Waals surface area contributed by atoms with Gasteiger partial charge in [0.1, 0.15) is 0 Å². The molecule has 0 spiro atoms. The van der Waals surface area contributed by atoms with Crippen molar-refractivity contribution in [3.63, 3.8) is 0 Å². The first-order chi connectivity index (χ1) is 10.7. The Morgan fingerprint density at radius 1 is 1.36 bits per heavy atom. The van der Waals surface area contributed by atoms with Crippen molar-refractivity contribution in [2.75, 3.05) is 0 Å². The molecule has 2 aromatic heterocycles. The molecule has 0 fully saturated rings. The topological polar surface area (TPSA) is 58.0 Å². The van der Waals surface area contributed by atoms with Crippen LogP contribution in [0.5, 0.6) is 0 Å². The average molecular weight is 315 g/mol. The fourth-order valence-corrected chi connectivity index (χ4v) is 3.36. The van der Waals surface area contributed by atoms with Crippen LogP contribution in [-0.2, 0) is 12.8 Å². The fourth-order valence-electron chi connectivity index (χ4n) is 3.18. The van der Waals surface area contributed by atoms with Crippen LogP contribution in [0.1, 0.15) is 28.2 Å². The number of aromatic nitrogens is 1. The van der Waals surface area contributed by atoms with Crippen molar-refractivity contribution in [2.24, 2.45) is 0 Å². The molecule has 0 saturated heterocycles. The minimum atomic E-state index is -0.152. The molecule has 1 amide bonds. The Kier molecular flexibility index (Phi) is 3.19. The monoisotopic (exact) mass is 314 g/mol. The SMILES string of the molecule is O=C(NC1CCc2[nH]c3cc(Cl)ccc3c2C1)c1ccco1. The van der Waals surface area contributed by atoms with Gasteiger partial charge in [0.25, 0.3) is 5.91 Å². The first-order valence-corrected chi connectivity index (χ1v) is 7.72. The lowest BCUT2D eigenvalue weighted by atomic mass is 9.91. The van der Waals surface area contributed by atoms with Crippen molar-refractivity contribution in [1.29, 1.82) is 0 Å². The van der Waals surface area contributed by atoms with Gasteiger partial charge in [-0.1, -0.05) is 17.7 Å². The van der Waals surface area contributed by atoms with Gasteiger partial charge in [0.05, 0.1) is 6.26 Å². The summed E-state index contributed by atoms with van der Waals surface area (Å²) in [4.78, 5) is 15.5. The summed E-state index contributed by atoms with van der Waals surface area (Å²) in [5.41, 5.74) is 3.60. The summed E-state index contributed by atoms with van der Waals surface area (Å²) < 4.78 is 5.14. The molecule has 1 atom stereocenters. The molecule has 5 heteroatoms. The van der Waals surface area contributed by atoms with E-state index in [9.17, 15) is 4.79 Å². The summed E-state index contributed by atoms with van der Waals surface area (Å²) in [6.45, 7) is 0. The maximum Gasteiger partial charge on any atom is 0.287 e. The molecule has 4 nitrogen and oxygen atoms in total. The molecule has 0 aliphatic heterocycles. The highest BCUT2D eigenvalue weighted by Crippen LogP contribution is 2.30. The first-order valence-electron chi connectivity index (χ1n) is 7.34. The van der Waals surface area contributed by atoms with E-state index >= 15 is 0 Å². The third-order valence-electron chi connectivity index (χ3n) is 4.23. The van der Waals surface area contributed by atoms with E-state index in [2.05, 4.69) is 10.3 Å². The lowest BCUT2D eigenvalue weighted by Gasteiger charge is -2.23. The number of rotatable bonds is 2. The molecule has 1 unspecified atom stereocenters. The van der Waals surface area contributed by atoms with Crippen LogP contribution >= 0.6 is 11.6 Å². The summed E-state index contributed by atoms with van der Waals surface area (Å²) in [6.07, 6.45) is 4.17. The van der Waals surface area contributed by atoms with Crippen LogP contribution in [0.25, 0.3) is 10.9 Å². The molecule has 112 valence electrons. The Balaban J connectivity index is 1.58. The smallest absolute Gasteiger partial charge is 0.287 e. The Morgan fingerprint density at radius 2 is 2.27 bits per heavy atom. The predicted molar refractivity (Wildman–Crippen MR) is 85.3 cm³/mol. The number of carbonyl (C=O) groups excluding carboxylic acids is 1. The molecule has 1 aliphatic carbocycles. The van der Waals surface area contributed by atoms with Crippen molar-refractivity contribution < 1.29 is 9.21 Å². The van der Waals surface area contributed by atoms with Crippen molar-refractivity contribution >= 4 is 28.4 Å². The van der Waals surface area contributed by atoms with E-state index in [1.165, 1.54) is 22.9 Å². The molecule has 2 heterocycles. The predicted octanol–water partition coefficient (Wildman–Crippen LogP) is 3.70. The number of hydrogen-bond donors (Lipinski definition) is 2. The summed E-state index contributed by atoms with van der Waals surface area (Å²) in [6, 6.07) is 9.42. The van der Waals surface area contributed by atoms with E-state index in [-0.39, 0.29) is 11.9 Å². The minimum Gasteiger partial charge on any atom is -0.459 e. The summed E-state index contributed by atoms with van der Waals surface area (Å²) in [5.74, 6) is 0.206. The molecule has 22 heavy (non-hydrogen) atoms. The van der Waals surface area contributed by atoms with Crippen molar-refractivity contribution in [3.05, 3.63) is 58.6 Å². The lowest BCUT2D eigenvalue weighted by Crippen LogP contribution is -2.38. The highest BCUT2D eigenvalue weighted by atomic mass is 35.5. The molecule has 2 N–H and O–H groups in total. The Bertz CT molecular complexity index is 836. The van der Waals surface area contributed by atoms with Crippen LogP contribution in [0.4, 0.5) is 0 Å². The number of aromatic amines is 1. The quantitative estimate of drug-likeness (QED) is 0.757. The average Bonchev–Trinajstić information content (AvgIpc) is 3.13. The van der Waals surface area contributed by atoms with Gasteiger partial charge in [-0.25, -0.2) is 0 Å². The van der Waals surface area contributed by atoms with Gasteiger partial charge in [-0.3, -0.25) is 4.79 Å². The number of halogens is 1. The zero-order valence-electron chi connectivity index (χ0n) is 11.9. The number of amides is 1. The third kappa shape index (κ3) is 2.29. The highest BCUT2D eigenvalue weighted by molar-refractivity contribution is 6.31. The molecular formula is C17H15ClN2O2. The maximum absolute atomic E-state index is 12.1. The van der Waals surface area contributed by atoms with E-state index in [1.807, 2.05) is 18.2 Å². The van der Waals surface area contributed by atoms with Gasteiger partial charge in [-0.05, 0) is 49.1 Å². The third-order valence-corrected chi connectivity index (χ3v) is 4.47. The molecule has 0 radical (unpaired) electrons. The molecule has 1 aromatic carbocycles. The molecular weight excluding hydrogens is 300 g/mol. The van der Waals surface area contributed by atoms with Gasteiger partial charge in [-0.2, -0.15) is 0 Å². The fraction of sp³-hybridized carbons (Fsp3) is 0.235. The molecule has 4 rings (SSSR count). The number of nitrogens with one attached hydrogen (secondary N) is 2. The van der Waals surface area contributed by atoms with Crippen LogP contribution in [0.15, 0.2) is 41.0 Å². The van der Waals surface area contributed by atoms with Gasteiger partial charge in [-0.15, -0.1) is 0 Å². The van der Waals surface area contributed by atoms with Gasteiger partial charge in [0.2, 0.25) is 0 Å². The Labute approximate surface area is 132 Å². The van der Waals surface area contributed by atoms with Gasteiger partial charge in [0.15, 0.2) is 5.76 Å². The largest absolute Gasteiger partial charge is 0.459 e. The number of furan rings is 1. The van der Waals surface area contributed by atoms with Crippen molar-refractivity contribution in [2.45, 2.75) is 25.3 Å². The number of benzene rings is 1. The van der Waals surface area contributed by atoms with Crippen LogP contribution in [0, 0.1) is 0 Å². The molecule has 3 aromatic rings. The van der Waals surface area contributed by atoms with Crippen LogP contribution in [-0.4, -0.2) is 16.9 Å². The standard InChI is InChI=1S/C17H15ClN2O2/c18-10-3-5-12-13-9-11(4-6-14(13)20-15(12)8-10)19-17(21)16-2-1-7-22-16/h1-3,5,7-8,11,20H,4,6,9H2,(H,19,21). The number of hydrogen-bond acceptors (Lipinski definition) is 2. The second-order valence-corrected chi connectivity index (χ2v) is 6.10. The van der Waals surface area contributed by atoms with Crippen LogP contribution in [0.3, 0.4) is 0 Å². The Morgan fingerprint density at radius 3 is 3.09 bits per heavy atom. The van der Waals surface area contributed by atoms with E-state index in [1.54, 1.807) is 12.1 Å². The van der Waals surface area contributed by atoms with E-state index in [4.69, 9.17) is 16.0 Å². The number of aryl methyl sites for hydroxylation is 1. The second-order valence-electron chi connectivity index (χ2n) is 5.66. The molecule has 0 saturated carbocycles. The van der Waals surface area contributed by atoms with Gasteiger partial charge < -0.3 is 14.7 Å². The molecule has 0 bridgehead atoms. The van der Waals surface area contributed by atoms with Crippen molar-refractivity contribution in [3.8, 4) is 0 Å². The van der Waals surface area contributed by atoms with E-state index in [0.29, 0.717) is 5.76 Å². The van der Waals surface area contributed by atoms with Gasteiger partial charge >= 0.3 is 0 Å². The number of fused-ring (bicyclic) bond motifs is 3.